The lowest BCUT2D eigenvalue weighted by Gasteiger charge is -2.19. The molecule has 5 nitrogen and oxygen atoms in total. The van der Waals surface area contributed by atoms with Gasteiger partial charge in [0.05, 0.1) is 18.7 Å². The van der Waals surface area contributed by atoms with Crippen molar-refractivity contribution >= 4 is 23.2 Å². The second kappa shape index (κ2) is 6.97. The number of nitrogens with zero attached hydrogens (tertiary/aromatic N) is 1. The first kappa shape index (κ1) is 17.0. The summed E-state index contributed by atoms with van der Waals surface area (Å²) in [7, 11) is 1.57. The number of nitrogens with one attached hydrogen (secondary N) is 1. The molecule has 0 radical (unpaired) electrons. The molecule has 2 aromatic rings. The van der Waals surface area contributed by atoms with Crippen LogP contribution in [0.1, 0.15) is 17.5 Å². The zero-order valence-corrected chi connectivity index (χ0v) is 14.7. The van der Waals surface area contributed by atoms with Gasteiger partial charge in [-0.2, -0.15) is 0 Å². The monoisotopic (exact) mass is 338 g/mol. The molecule has 1 aliphatic rings. The SMILES string of the molecule is COc1ccccc1N1C[C@H](C(=O)Nc2cc(C)cc(C)c2)CC1=O. The van der Waals surface area contributed by atoms with Crippen LogP contribution in [0, 0.1) is 19.8 Å². The third kappa shape index (κ3) is 3.65. The lowest BCUT2D eigenvalue weighted by molar-refractivity contribution is -0.122. The van der Waals surface area contributed by atoms with Gasteiger partial charge in [0.2, 0.25) is 11.8 Å². The van der Waals surface area contributed by atoms with Crippen molar-refractivity contribution in [2.45, 2.75) is 20.3 Å². The molecule has 25 heavy (non-hydrogen) atoms. The summed E-state index contributed by atoms with van der Waals surface area (Å²) in [6, 6.07) is 13.3. The van der Waals surface area contributed by atoms with Crippen LogP contribution in [0.4, 0.5) is 11.4 Å². The molecule has 1 N–H and O–H groups in total. The van der Waals surface area contributed by atoms with Crippen molar-refractivity contribution in [1.29, 1.82) is 0 Å². The molecule has 2 amide bonds. The number of para-hydroxylation sites is 2. The molecule has 3 rings (SSSR count). The molecule has 0 spiro atoms. The maximum Gasteiger partial charge on any atom is 0.229 e. The Hall–Kier alpha value is -2.82. The van der Waals surface area contributed by atoms with Crippen LogP contribution in [-0.2, 0) is 9.59 Å². The van der Waals surface area contributed by atoms with Crippen LogP contribution in [0.2, 0.25) is 0 Å². The van der Waals surface area contributed by atoms with E-state index in [0.29, 0.717) is 18.0 Å². The van der Waals surface area contributed by atoms with E-state index in [2.05, 4.69) is 11.4 Å². The predicted octanol–water partition coefficient (Wildman–Crippen LogP) is 3.30. The highest BCUT2D eigenvalue weighted by molar-refractivity contribution is 6.04. The number of aryl methyl sites for hydroxylation is 2. The zero-order valence-electron chi connectivity index (χ0n) is 14.7. The Balaban J connectivity index is 1.74. The molecule has 1 aliphatic heterocycles. The predicted molar refractivity (Wildman–Crippen MR) is 98.0 cm³/mol. The molecule has 130 valence electrons. The van der Waals surface area contributed by atoms with Gasteiger partial charge >= 0.3 is 0 Å². The summed E-state index contributed by atoms with van der Waals surface area (Å²) in [5, 5.41) is 2.94. The average molecular weight is 338 g/mol. The Morgan fingerprint density at radius 2 is 1.84 bits per heavy atom. The Morgan fingerprint density at radius 3 is 2.52 bits per heavy atom. The standard InChI is InChI=1S/C20H22N2O3/c1-13-8-14(2)10-16(9-13)21-20(24)15-11-19(23)22(12-15)17-6-4-5-7-18(17)25-3/h4-10,15H,11-12H2,1-3H3,(H,21,24)/t15-/m1/s1. The Labute approximate surface area is 147 Å². The fourth-order valence-corrected chi connectivity index (χ4v) is 3.26. The van der Waals surface area contributed by atoms with Gasteiger partial charge in [-0.1, -0.05) is 18.2 Å². The van der Waals surface area contributed by atoms with Gasteiger partial charge < -0.3 is 15.0 Å². The van der Waals surface area contributed by atoms with E-state index in [1.54, 1.807) is 12.0 Å². The van der Waals surface area contributed by atoms with Crippen molar-refractivity contribution in [2.75, 3.05) is 23.9 Å². The van der Waals surface area contributed by atoms with Crippen molar-refractivity contribution < 1.29 is 14.3 Å². The van der Waals surface area contributed by atoms with Gasteiger partial charge in [-0.15, -0.1) is 0 Å². The second-order valence-electron chi connectivity index (χ2n) is 6.44. The zero-order chi connectivity index (χ0) is 18.0. The summed E-state index contributed by atoms with van der Waals surface area (Å²) in [5.74, 6) is 0.0604. The number of anilines is 2. The molecule has 0 aliphatic carbocycles. The minimum absolute atomic E-state index is 0.0647. The molecule has 5 heteroatoms. The smallest absolute Gasteiger partial charge is 0.229 e. The number of hydrogen-bond acceptors (Lipinski definition) is 3. The van der Waals surface area contributed by atoms with E-state index in [-0.39, 0.29) is 24.2 Å². The number of carbonyl (C=O) groups excluding carboxylic acids is 2. The summed E-state index contributed by atoms with van der Waals surface area (Å²) in [6.45, 7) is 4.34. The minimum Gasteiger partial charge on any atom is -0.495 e. The first-order valence-electron chi connectivity index (χ1n) is 8.30. The highest BCUT2D eigenvalue weighted by Crippen LogP contribution is 2.33. The molecule has 0 unspecified atom stereocenters. The number of amides is 2. The van der Waals surface area contributed by atoms with Crippen molar-refractivity contribution in [3.63, 3.8) is 0 Å². The molecule has 1 fully saturated rings. The largest absolute Gasteiger partial charge is 0.495 e. The summed E-state index contributed by atoms with van der Waals surface area (Å²) >= 11 is 0. The highest BCUT2D eigenvalue weighted by atomic mass is 16.5. The fraction of sp³-hybridized carbons (Fsp3) is 0.300. The van der Waals surface area contributed by atoms with E-state index >= 15 is 0 Å². The van der Waals surface area contributed by atoms with E-state index < -0.39 is 0 Å². The number of rotatable bonds is 4. The van der Waals surface area contributed by atoms with Gasteiger partial charge in [0.25, 0.3) is 0 Å². The molecule has 2 aromatic carbocycles. The summed E-state index contributed by atoms with van der Waals surface area (Å²) in [6.07, 6.45) is 0.203. The molecule has 1 atom stereocenters. The molecule has 1 saturated heterocycles. The van der Waals surface area contributed by atoms with E-state index in [9.17, 15) is 9.59 Å². The highest BCUT2D eigenvalue weighted by Gasteiger charge is 2.36. The van der Waals surface area contributed by atoms with Crippen molar-refractivity contribution in [2.24, 2.45) is 5.92 Å². The number of ether oxygens (including phenoxy) is 1. The van der Waals surface area contributed by atoms with Crippen LogP contribution in [0.25, 0.3) is 0 Å². The Bertz CT molecular complexity index is 796. The third-order valence-electron chi connectivity index (χ3n) is 4.36. The van der Waals surface area contributed by atoms with E-state index in [1.807, 2.05) is 50.2 Å². The number of hydrogen-bond donors (Lipinski definition) is 1. The average Bonchev–Trinajstić information content (AvgIpc) is 2.95. The maximum atomic E-state index is 12.6. The number of benzene rings is 2. The fourth-order valence-electron chi connectivity index (χ4n) is 3.26. The van der Waals surface area contributed by atoms with Crippen LogP contribution in [0.5, 0.6) is 5.75 Å². The van der Waals surface area contributed by atoms with Gasteiger partial charge in [-0.25, -0.2) is 0 Å². The number of carbonyl (C=O) groups is 2. The molecule has 0 saturated carbocycles. The summed E-state index contributed by atoms with van der Waals surface area (Å²) in [4.78, 5) is 26.6. The normalized spacial score (nSPS) is 16.8. The molecule has 0 aromatic heterocycles. The van der Waals surface area contributed by atoms with Gasteiger partial charge in [-0.05, 0) is 49.2 Å². The van der Waals surface area contributed by atoms with Crippen LogP contribution in [-0.4, -0.2) is 25.5 Å². The van der Waals surface area contributed by atoms with Crippen molar-refractivity contribution in [3.8, 4) is 5.75 Å². The summed E-state index contributed by atoms with van der Waals surface area (Å²) in [5.41, 5.74) is 3.66. The van der Waals surface area contributed by atoms with E-state index in [1.165, 1.54) is 0 Å². The second-order valence-corrected chi connectivity index (χ2v) is 6.44. The van der Waals surface area contributed by atoms with E-state index in [0.717, 1.165) is 16.8 Å². The molecular formula is C20H22N2O3. The van der Waals surface area contributed by atoms with Crippen molar-refractivity contribution in [1.82, 2.24) is 0 Å². The number of methoxy groups -OCH3 is 1. The lowest BCUT2D eigenvalue weighted by atomic mass is 10.1. The minimum atomic E-state index is -0.377. The van der Waals surface area contributed by atoms with Gasteiger partial charge in [0, 0.05) is 18.7 Å². The van der Waals surface area contributed by atoms with Gasteiger partial charge in [0.15, 0.2) is 0 Å². The Kier molecular flexibility index (Phi) is 4.74. The first-order chi connectivity index (χ1) is 12.0. The van der Waals surface area contributed by atoms with Crippen LogP contribution >= 0.6 is 0 Å². The third-order valence-corrected chi connectivity index (χ3v) is 4.36. The topological polar surface area (TPSA) is 58.6 Å². The lowest BCUT2D eigenvalue weighted by Crippen LogP contribution is -2.28. The molecule has 1 heterocycles. The maximum absolute atomic E-state index is 12.6. The molecular weight excluding hydrogens is 316 g/mol. The van der Waals surface area contributed by atoms with Gasteiger partial charge in [-0.3, -0.25) is 9.59 Å². The van der Waals surface area contributed by atoms with Crippen LogP contribution in [0.3, 0.4) is 0 Å². The molecule has 0 bridgehead atoms. The van der Waals surface area contributed by atoms with Crippen molar-refractivity contribution in [3.05, 3.63) is 53.6 Å². The van der Waals surface area contributed by atoms with Crippen LogP contribution in [0.15, 0.2) is 42.5 Å². The van der Waals surface area contributed by atoms with Gasteiger partial charge in [0.1, 0.15) is 5.75 Å². The Morgan fingerprint density at radius 1 is 1.16 bits per heavy atom. The quantitative estimate of drug-likeness (QED) is 0.930. The summed E-state index contributed by atoms with van der Waals surface area (Å²) < 4.78 is 5.33. The first-order valence-corrected chi connectivity index (χ1v) is 8.30. The van der Waals surface area contributed by atoms with Crippen LogP contribution < -0.4 is 15.0 Å². The van der Waals surface area contributed by atoms with E-state index in [4.69, 9.17) is 4.74 Å².